The standard InChI is InChI=1S/C18H21F3N4O3/c1-8(22)9-4-5-24(7-9)14-12(19)6-11-13(15(14)28-17(20)21)25(10-2-3-10)18(27)23-16(11)26/h6,8-10,17H,2-5,7,22H2,1H3,(H,23,26,27)/t8-,9+/m0/s1. The van der Waals surface area contributed by atoms with Crippen molar-refractivity contribution in [2.45, 2.75) is 44.9 Å². The molecule has 4 rings (SSSR count). The van der Waals surface area contributed by atoms with Crippen molar-refractivity contribution in [2.75, 3.05) is 18.0 Å². The first-order chi connectivity index (χ1) is 13.3. The summed E-state index contributed by atoms with van der Waals surface area (Å²) >= 11 is 0. The summed E-state index contributed by atoms with van der Waals surface area (Å²) in [5.41, 5.74) is 4.14. The summed E-state index contributed by atoms with van der Waals surface area (Å²) < 4.78 is 47.4. The van der Waals surface area contributed by atoms with E-state index >= 15 is 4.39 Å². The monoisotopic (exact) mass is 398 g/mol. The molecular formula is C18H21F3N4O3. The van der Waals surface area contributed by atoms with Gasteiger partial charge in [-0.3, -0.25) is 14.3 Å². The van der Waals surface area contributed by atoms with Gasteiger partial charge in [0.15, 0.2) is 11.6 Å². The first-order valence-electron chi connectivity index (χ1n) is 9.24. The van der Waals surface area contributed by atoms with E-state index in [4.69, 9.17) is 10.5 Å². The lowest BCUT2D eigenvalue weighted by molar-refractivity contribution is -0.0488. The van der Waals surface area contributed by atoms with E-state index in [0.717, 1.165) is 6.07 Å². The number of benzene rings is 1. The van der Waals surface area contributed by atoms with Crippen molar-refractivity contribution >= 4 is 16.6 Å². The molecule has 10 heteroatoms. The molecule has 1 saturated carbocycles. The number of nitrogens with zero attached hydrogens (tertiary/aromatic N) is 2. The van der Waals surface area contributed by atoms with Crippen molar-refractivity contribution in [3.05, 3.63) is 32.7 Å². The van der Waals surface area contributed by atoms with Crippen LogP contribution in [0.4, 0.5) is 18.9 Å². The fraction of sp³-hybridized carbons (Fsp3) is 0.556. The van der Waals surface area contributed by atoms with Gasteiger partial charge in [0.25, 0.3) is 5.56 Å². The fourth-order valence-electron chi connectivity index (χ4n) is 3.94. The average Bonchev–Trinajstić information content (AvgIpc) is 3.31. The van der Waals surface area contributed by atoms with Crippen LogP contribution in [0.1, 0.15) is 32.2 Å². The Morgan fingerprint density at radius 2 is 2.00 bits per heavy atom. The van der Waals surface area contributed by atoms with Crippen molar-refractivity contribution in [3.8, 4) is 5.75 Å². The summed E-state index contributed by atoms with van der Waals surface area (Å²) in [7, 11) is 0. The number of anilines is 1. The maximum atomic E-state index is 15.0. The van der Waals surface area contributed by atoms with Crippen LogP contribution < -0.4 is 26.6 Å². The molecule has 1 aliphatic carbocycles. The Morgan fingerprint density at radius 3 is 2.57 bits per heavy atom. The highest BCUT2D eigenvalue weighted by Gasteiger charge is 2.34. The highest BCUT2D eigenvalue weighted by Crippen LogP contribution is 2.44. The molecule has 2 aliphatic rings. The smallest absolute Gasteiger partial charge is 0.387 e. The molecule has 0 bridgehead atoms. The molecule has 0 spiro atoms. The number of hydrogen-bond acceptors (Lipinski definition) is 5. The van der Waals surface area contributed by atoms with Crippen LogP contribution in [0.15, 0.2) is 15.7 Å². The molecule has 0 amide bonds. The minimum Gasteiger partial charge on any atom is -0.430 e. The van der Waals surface area contributed by atoms with E-state index in [1.165, 1.54) is 4.57 Å². The quantitative estimate of drug-likeness (QED) is 0.803. The van der Waals surface area contributed by atoms with Crippen LogP contribution in [0.5, 0.6) is 5.75 Å². The molecule has 2 atom stereocenters. The number of ether oxygens (including phenoxy) is 1. The molecule has 3 N–H and O–H groups in total. The van der Waals surface area contributed by atoms with Crippen LogP contribution in [0.2, 0.25) is 0 Å². The Hall–Kier alpha value is -2.49. The Labute approximate surface area is 157 Å². The minimum absolute atomic E-state index is 0.0688. The molecule has 152 valence electrons. The maximum absolute atomic E-state index is 15.0. The Morgan fingerprint density at radius 1 is 1.29 bits per heavy atom. The Bertz CT molecular complexity index is 1030. The number of halogens is 3. The molecule has 0 unspecified atom stereocenters. The predicted molar refractivity (Wildman–Crippen MR) is 97.7 cm³/mol. The van der Waals surface area contributed by atoms with Gasteiger partial charge in [0.1, 0.15) is 11.2 Å². The van der Waals surface area contributed by atoms with E-state index < -0.39 is 29.4 Å². The molecular weight excluding hydrogens is 377 g/mol. The van der Waals surface area contributed by atoms with Gasteiger partial charge < -0.3 is 15.4 Å². The van der Waals surface area contributed by atoms with Gasteiger partial charge in [-0.1, -0.05) is 0 Å². The molecule has 2 heterocycles. The van der Waals surface area contributed by atoms with Gasteiger partial charge in [-0.25, -0.2) is 9.18 Å². The summed E-state index contributed by atoms with van der Waals surface area (Å²) in [6.45, 7) is -0.620. The second-order valence-electron chi connectivity index (χ2n) is 7.53. The van der Waals surface area contributed by atoms with Crippen LogP contribution in [0.3, 0.4) is 0 Å². The molecule has 0 radical (unpaired) electrons. The Balaban J connectivity index is 1.99. The third kappa shape index (κ3) is 3.15. The van der Waals surface area contributed by atoms with Crippen molar-refractivity contribution in [1.29, 1.82) is 0 Å². The normalized spacial score (nSPS) is 20.9. The SMILES string of the molecule is C[C@H](N)[C@@H]1CCN(c2c(F)cc3c(=O)[nH]c(=O)n(C4CC4)c3c2OC(F)F)C1. The maximum Gasteiger partial charge on any atom is 0.387 e. The van der Waals surface area contributed by atoms with Crippen molar-refractivity contribution in [3.63, 3.8) is 0 Å². The van der Waals surface area contributed by atoms with Crippen LogP contribution in [0.25, 0.3) is 10.9 Å². The van der Waals surface area contributed by atoms with Gasteiger partial charge in [-0.05, 0) is 38.2 Å². The number of aromatic nitrogens is 2. The van der Waals surface area contributed by atoms with Gasteiger partial charge >= 0.3 is 12.3 Å². The van der Waals surface area contributed by atoms with Crippen LogP contribution in [-0.4, -0.2) is 35.3 Å². The van der Waals surface area contributed by atoms with E-state index in [9.17, 15) is 18.4 Å². The van der Waals surface area contributed by atoms with Gasteiger partial charge in [0.2, 0.25) is 0 Å². The molecule has 1 saturated heterocycles. The zero-order chi connectivity index (χ0) is 20.2. The Kier molecular flexibility index (Phi) is 4.60. The second kappa shape index (κ2) is 6.84. The number of nitrogens with two attached hydrogens (primary N) is 1. The lowest BCUT2D eigenvalue weighted by Gasteiger charge is -2.25. The highest BCUT2D eigenvalue weighted by molar-refractivity contribution is 5.91. The largest absolute Gasteiger partial charge is 0.430 e. The number of fused-ring (bicyclic) bond motifs is 1. The minimum atomic E-state index is -3.24. The predicted octanol–water partition coefficient (Wildman–Crippen LogP) is 1.94. The summed E-state index contributed by atoms with van der Waals surface area (Å²) in [5.74, 6) is -1.25. The zero-order valence-electron chi connectivity index (χ0n) is 15.3. The van der Waals surface area contributed by atoms with Crippen LogP contribution in [0, 0.1) is 11.7 Å². The molecule has 1 aromatic carbocycles. The number of nitrogens with one attached hydrogen (secondary N) is 1. The molecule has 2 fully saturated rings. The van der Waals surface area contributed by atoms with E-state index in [1.54, 1.807) is 4.90 Å². The fourth-order valence-corrected chi connectivity index (χ4v) is 3.94. The highest BCUT2D eigenvalue weighted by atomic mass is 19.3. The number of aromatic amines is 1. The molecule has 2 aromatic rings. The van der Waals surface area contributed by atoms with E-state index in [-0.39, 0.29) is 34.6 Å². The van der Waals surface area contributed by atoms with Gasteiger partial charge in [-0.15, -0.1) is 0 Å². The number of H-pyrrole nitrogens is 1. The van der Waals surface area contributed by atoms with Crippen molar-refractivity contribution in [1.82, 2.24) is 9.55 Å². The first kappa shape index (κ1) is 18.9. The lowest BCUT2D eigenvalue weighted by atomic mass is 10.0. The number of hydrogen-bond donors (Lipinski definition) is 2. The van der Waals surface area contributed by atoms with Gasteiger partial charge in [-0.2, -0.15) is 8.78 Å². The lowest BCUT2D eigenvalue weighted by Crippen LogP contribution is -2.32. The zero-order valence-corrected chi connectivity index (χ0v) is 15.3. The van der Waals surface area contributed by atoms with E-state index in [0.29, 0.717) is 32.4 Å². The summed E-state index contributed by atoms with van der Waals surface area (Å²) in [5, 5.41) is -0.189. The van der Waals surface area contributed by atoms with Gasteiger partial charge in [0, 0.05) is 25.2 Å². The van der Waals surface area contributed by atoms with Crippen LogP contribution >= 0.6 is 0 Å². The van der Waals surface area contributed by atoms with Gasteiger partial charge in [0.05, 0.1) is 5.39 Å². The summed E-state index contributed by atoms with van der Waals surface area (Å²) in [6, 6.07) is 0.611. The first-order valence-corrected chi connectivity index (χ1v) is 9.24. The summed E-state index contributed by atoms with van der Waals surface area (Å²) in [4.78, 5) is 28.4. The third-order valence-electron chi connectivity index (χ3n) is 5.51. The van der Waals surface area contributed by atoms with E-state index in [1.807, 2.05) is 6.92 Å². The number of alkyl halides is 2. The average molecular weight is 398 g/mol. The molecule has 1 aliphatic heterocycles. The molecule has 1 aromatic heterocycles. The van der Waals surface area contributed by atoms with Crippen molar-refractivity contribution < 1.29 is 17.9 Å². The third-order valence-corrected chi connectivity index (χ3v) is 5.51. The van der Waals surface area contributed by atoms with Crippen molar-refractivity contribution in [2.24, 2.45) is 11.7 Å². The van der Waals surface area contributed by atoms with Crippen LogP contribution in [-0.2, 0) is 0 Å². The second-order valence-corrected chi connectivity index (χ2v) is 7.53. The topological polar surface area (TPSA) is 93.4 Å². The molecule has 28 heavy (non-hydrogen) atoms. The van der Waals surface area contributed by atoms with E-state index in [2.05, 4.69) is 4.98 Å². The number of rotatable bonds is 5. The summed E-state index contributed by atoms with van der Waals surface area (Å²) in [6.07, 6.45) is 2.00. The molecule has 7 nitrogen and oxygen atoms in total.